The number of carbonyl (C=O) groups is 2. The molecule has 2 bridgehead atoms. The zero-order valence-electron chi connectivity index (χ0n) is 12.3. The molecule has 0 saturated carbocycles. The first-order valence-corrected chi connectivity index (χ1v) is 7.69. The van der Waals surface area contributed by atoms with Gasteiger partial charge in [0.1, 0.15) is 11.5 Å². The van der Waals surface area contributed by atoms with Gasteiger partial charge in [-0.2, -0.15) is 0 Å². The van der Waals surface area contributed by atoms with E-state index in [-0.39, 0.29) is 0 Å². The highest BCUT2D eigenvalue weighted by molar-refractivity contribution is 5.87. The van der Waals surface area contributed by atoms with Crippen molar-refractivity contribution in [3.63, 3.8) is 0 Å². The number of fused-ring (bicyclic) bond motifs is 12. The summed E-state index contributed by atoms with van der Waals surface area (Å²) in [5, 5.41) is 0. The van der Waals surface area contributed by atoms with Gasteiger partial charge in [-0.05, 0) is 25.0 Å². The van der Waals surface area contributed by atoms with Gasteiger partial charge >= 0.3 is 0 Å². The van der Waals surface area contributed by atoms with Crippen LogP contribution in [0.2, 0.25) is 0 Å². The molecule has 0 unspecified atom stereocenters. The number of benzene rings is 1. The van der Waals surface area contributed by atoms with Crippen LogP contribution >= 0.6 is 0 Å². The highest BCUT2D eigenvalue weighted by atomic mass is 16.5. The fourth-order valence-corrected chi connectivity index (χ4v) is 2.48. The Labute approximate surface area is 125 Å². The van der Waals surface area contributed by atoms with Crippen LogP contribution in [0.3, 0.4) is 0 Å². The zero-order chi connectivity index (χ0) is 14.9. The molecule has 0 aromatic heterocycles. The van der Waals surface area contributed by atoms with Gasteiger partial charge in [0.25, 0.3) is 0 Å². The summed E-state index contributed by atoms with van der Waals surface area (Å²) in [5.41, 5.74) is 0.871. The second-order valence-electron chi connectivity index (χ2n) is 5.34. The summed E-state index contributed by atoms with van der Waals surface area (Å²) in [7, 11) is 0. The van der Waals surface area contributed by atoms with Crippen molar-refractivity contribution in [3.05, 3.63) is 23.3 Å². The molecule has 3 rings (SSSR count). The number of hydrogen-bond donors (Lipinski definition) is 0. The van der Waals surface area contributed by atoms with E-state index in [1.807, 2.05) is 0 Å². The van der Waals surface area contributed by atoms with E-state index >= 15 is 0 Å². The normalized spacial score (nSPS) is 17.0. The first kappa shape index (κ1) is 15.5. The molecule has 0 radical (unpaired) electrons. The summed E-state index contributed by atoms with van der Waals surface area (Å²) < 4.78 is 11.3. The number of carbonyl (C=O) groups excluding carboxylic acids is 2. The molecular weight excluding hydrogens is 268 g/mol. The van der Waals surface area contributed by atoms with Crippen molar-refractivity contribution in [1.82, 2.24) is 0 Å². The predicted octanol–water partition coefficient (Wildman–Crippen LogP) is 3.81. The molecular formula is C17H22O4. The van der Waals surface area contributed by atoms with Gasteiger partial charge in [0, 0.05) is 0 Å². The van der Waals surface area contributed by atoms with Gasteiger partial charge in [-0.15, -0.1) is 0 Å². The van der Waals surface area contributed by atoms with Crippen molar-refractivity contribution >= 4 is 12.6 Å². The topological polar surface area (TPSA) is 52.6 Å². The Morgan fingerprint density at radius 1 is 0.667 bits per heavy atom. The van der Waals surface area contributed by atoms with Crippen LogP contribution in [0.4, 0.5) is 0 Å². The minimum atomic E-state index is 0.436. The average Bonchev–Trinajstić information content (AvgIpc) is 2.53. The van der Waals surface area contributed by atoms with E-state index in [0.29, 0.717) is 35.8 Å². The third kappa shape index (κ3) is 4.59. The molecule has 0 atom stereocenters. The minimum absolute atomic E-state index is 0.436. The van der Waals surface area contributed by atoms with E-state index in [4.69, 9.17) is 9.47 Å². The number of ether oxygens (including phenoxy) is 2. The summed E-state index contributed by atoms with van der Waals surface area (Å²) in [6.45, 7) is 1.14. The fraction of sp³-hybridized carbons (Fsp3) is 0.529. The van der Waals surface area contributed by atoms with Crippen LogP contribution in [0.25, 0.3) is 0 Å². The lowest BCUT2D eigenvalue weighted by atomic mass is 10.1. The lowest BCUT2D eigenvalue weighted by Gasteiger charge is -2.13. The smallest absolute Gasteiger partial charge is 0.153 e. The third-order valence-corrected chi connectivity index (χ3v) is 3.70. The molecule has 0 amide bonds. The second kappa shape index (κ2) is 8.45. The van der Waals surface area contributed by atoms with Gasteiger partial charge < -0.3 is 9.47 Å². The van der Waals surface area contributed by atoms with Crippen molar-refractivity contribution in [2.75, 3.05) is 13.2 Å². The van der Waals surface area contributed by atoms with Gasteiger partial charge in [-0.25, -0.2) is 0 Å². The molecule has 0 saturated heterocycles. The quantitative estimate of drug-likeness (QED) is 0.777. The van der Waals surface area contributed by atoms with Crippen LogP contribution in [0.5, 0.6) is 11.5 Å². The molecule has 0 fully saturated rings. The van der Waals surface area contributed by atoms with Gasteiger partial charge in [0.2, 0.25) is 0 Å². The zero-order valence-corrected chi connectivity index (χ0v) is 12.3. The fourth-order valence-electron chi connectivity index (χ4n) is 2.48. The maximum atomic E-state index is 11.2. The lowest BCUT2D eigenvalue weighted by Crippen LogP contribution is -2.04. The van der Waals surface area contributed by atoms with Gasteiger partial charge in [0.15, 0.2) is 12.6 Å². The molecule has 2 aliphatic rings. The third-order valence-electron chi connectivity index (χ3n) is 3.70. The molecule has 2 heterocycles. The SMILES string of the molecule is O=Cc1cc2c(C=O)cc1OCCCCCCCCCO2. The van der Waals surface area contributed by atoms with E-state index in [9.17, 15) is 9.59 Å². The van der Waals surface area contributed by atoms with Crippen LogP contribution in [-0.2, 0) is 0 Å². The Hall–Kier alpha value is -1.84. The van der Waals surface area contributed by atoms with Crippen molar-refractivity contribution in [1.29, 1.82) is 0 Å². The molecule has 4 heteroatoms. The molecule has 4 nitrogen and oxygen atoms in total. The van der Waals surface area contributed by atoms with Crippen molar-refractivity contribution in [2.24, 2.45) is 0 Å². The molecule has 0 N–H and O–H groups in total. The summed E-state index contributed by atoms with van der Waals surface area (Å²) in [5.74, 6) is 0.934. The van der Waals surface area contributed by atoms with Crippen LogP contribution < -0.4 is 9.47 Å². The number of hydrogen-bond acceptors (Lipinski definition) is 4. The molecule has 0 aliphatic carbocycles. The second-order valence-corrected chi connectivity index (χ2v) is 5.34. The van der Waals surface area contributed by atoms with Crippen LogP contribution in [0.15, 0.2) is 12.1 Å². The van der Waals surface area contributed by atoms with E-state index in [0.717, 1.165) is 38.3 Å². The standard InChI is InChI=1S/C17H22O4/c18-12-14-11-17-15(13-19)10-16(14)20-8-6-4-2-1-3-5-7-9-21-17/h10-13H,1-9H2. The van der Waals surface area contributed by atoms with Crippen molar-refractivity contribution in [2.45, 2.75) is 44.9 Å². The molecule has 1 aromatic rings. The van der Waals surface area contributed by atoms with Gasteiger partial charge in [-0.1, -0.05) is 32.1 Å². The first-order chi connectivity index (χ1) is 10.3. The maximum Gasteiger partial charge on any atom is 0.153 e. The lowest BCUT2D eigenvalue weighted by molar-refractivity contribution is 0.110. The van der Waals surface area contributed by atoms with Crippen LogP contribution in [-0.4, -0.2) is 25.8 Å². The summed E-state index contributed by atoms with van der Waals surface area (Å²) >= 11 is 0. The highest BCUT2D eigenvalue weighted by Crippen LogP contribution is 2.28. The molecule has 114 valence electrons. The van der Waals surface area contributed by atoms with Gasteiger partial charge in [-0.3, -0.25) is 9.59 Å². The van der Waals surface area contributed by atoms with E-state index in [2.05, 4.69) is 0 Å². The molecule has 1 aromatic carbocycles. The van der Waals surface area contributed by atoms with Crippen LogP contribution in [0.1, 0.15) is 65.7 Å². The molecule has 0 spiro atoms. The number of rotatable bonds is 2. The van der Waals surface area contributed by atoms with Gasteiger partial charge in [0.05, 0.1) is 24.3 Å². The van der Waals surface area contributed by atoms with E-state index in [1.165, 1.54) is 19.3 Å². The summed E-state index contributed by atoms with van der Waals surface area (Å²) in [6, 6.07) is 3.21. The Balaban J connectivity index is 2.20. The molecule has 2 aliphatic heterocycles. The Kier molecular flexibility index (Phi) is 6.25. The molecule has 21 heavy (non-hydrogen) atoms. The average molecular weight is 290 g/mol. The van der Waals surface area contributed by atoms with E-state index < -0.39 is 0 Å². The maximum absolute atomic E-state index is 11.2. The van der Waals surface area contributed by atoms with Crippen LogP contribution in [0, 0.1) is 0 Å². The van der Waals surface area contributed by atoms with Crippen molar-refractivity contribution in [3.8, 4) is 11.5 Å². The number of aldehydes is 2. The first-order valence-electron chi connectivity index (χ1n) is 7.69. The predicted molar refractivity (Wildman–Crippen MR) is 80.5 cm³/mol. The Bertz CT molecular complexity index is 438. The highest BCUT2D eigenvalue weighted by Gasteiger charge is 2.12. The van der Waals surface area contributed by atoms with Crippen molar-refractivity contribution < 1.29 is 19.1 Å². The minimum Gasteiger partial charge on any atom is -0.493 e. The Morgan fingerprint density at radius 3 is 1.43 bits per heavy atom. The van der Waals surface area contributed by atoms with E-state index in [1.54, 1.807) is 12.1 Å². The largest absolute Gasteiger partial charge is 0.493 e. The summed E-state index contributed by atoms with van der Waals surface area (Å²) in [6.07, 6.45) is 9.34. The summed E-state index contributed by atoms with van der Waals surface area (Å²) in [4.78, 5) is 22.4. The monoisotopic (exact) mass is 290 g/mol. The Morgan fingerprint density at radius 2 is 1.05 bits per heavy atom.